The molecule has 16 heavy (non-hydrogen) atoms. The van der Waals surface area contributed by atoms with E-state index >= 15 is 0 Å². The summed E-state index contributed by atoms with van der Waals surface area (Å²) in [6.07, 6.45) is 0. The first kappa shape index (κ1) is 12.0. The zero-order chi connectivity index (χ0) is 12.1. The molecule has 5 heteroatoms. The first-order chi connectivity index (χ1) is 7.58. The van der Waals surface area contributed by atoms with Crippen LogP contribution < -0.4 is 5.32 Å². The van der Waals surface area contributed by atoms with Crippen molar-refractivity contribution in [3.8, 4) is 0 Å². The highest BCUT2D eigenvalue weighted by Gasteiger charge is 2.12. The molecule has 0 radical (unpaired) electrons. The normalized spacial score (nSPS) is 9.62. The molecule has 0 aromatic heterocycles. The molecule has 1 aromatic carbocycles. The Morgan fingerprint density at radius 2 is 1.94 bits per heavy atom. The van der Waals surface area contributed by atoms with E-state index in [-0.39, 0.29) is 17.7 Å². The third-order valence-electron chi connectivity index (χ3n) is 1.98. The minimum Gasteiger partial charge on any atom is -0.478 e. The highest BCUT2D eigenvalue weighted by atomic mass is 16.5. The van der Waals surface area contributed by atoms with Crippen molar-refractivity contribution >= 4 is 17.6 Å². The van der Waals surface area contributed by atoms with Crippen LogP contribution in [0.5, 0.6) is 0 Å². The van der Waals surface area contributed by atoms with Gasteiger partial charge in [0.25, 0.3) is 0 Å². The van der Waals surface area contributed by atoms with Crippen LogP contribution in [0.15, 0.2) is 18.2 Å². The fourth-order valence-corrected chi connectivity index (χ4v) is 1.23. The lowest BCUT2D eigenvalue weighted by Gasteiger charge is -2.06. The highest BCUT2D eigenvalue weighted by molar-refractivity contribution is 5.96. The molecule has 0 aliphatic heterocycles. The number of carboxylic acid groups (broad SMARTS) is 1. The highest BCUT2D eigenvalue weighted by Crippen LogP contribution is 2.15. The number of esters is 1. The van der Waals surface area contributed by atoms with Crippen LogP contribution in [0.1, 0.15) is 27.6 Å². The Bertz CT molecular complexity index is 414. The van der Waals surface area contributed by atoms with Gasteiger partial charge in [0, 0.05) is 12.7 Å². The molecule has 0 fully saturated rings. The number of anilines is 1. The minimum absolute atomic E-state index is 0.0508. The predicted molar refractivity (Wildman–Crippen MR) is 58.9 cm³/mol. The van der Waals surface area contributed by atoms with E-state index in [0.29, 0.717) is 5.69 Å². The summed E-state index contributed by atoms with van der Waals surface area (Å²) in [4.78, 5) is 22.3. The molecule has 1 rings (SSSR count). The number of carbonyl (C=O) groups excluding carboxylic acids is 1. The first-order valence-electron chi connectivity index (χ1n) is 4.81. The van der Waals surface area contributed by atoms with Crippen LogP contribution >= 0.6 is 0 Å². The van der Waals surface area contributed by atoms with Gasteiger partial charge < -0.3 is 15.2 Å². The van der Waals surface area contributed by atoms with Crippen LogP contribution in [0.3, 0.4) is 0 Å². The van der Waals surface area contributed by atoms with Crippen molar-refractivity contribution in [2.24, 2.45) is 0 Å². The second-order valence-corrected chi connectivity index (χ2v) is 3.07. The van der Waals surface area contributed by atoms with Gasteiger partial charge in [-0.15, -0.1) is 0 Å². The summed E-state index contributed by atoms with van der Waals surface area (Å²) in [5.41, 5.74) is 0.837. The Hall–Kier alpha value is -2.04. The molecule has 0 heterocycles. The van der Waals surface area contributed by atoms with E-state index in [2.05, 4.69) is 5.32 Å². The van der Waals surface area contributed by atoms with Crippen LogP contribution in [0.2, 0.25) is 0 Å². The lowest BCUT2D eigenvalue weighted by Crippen LogP contribution is -2.08. The molecule has 0 amide bonds. The van der Waals surface area contributed by atoms with Crippen LogP contribution in [-0.2, 0) is 4.74 Å². The van der Waals surface area contributed by atoms with Gasteiger partial charge in [0.05, 0.1) is 17.7 Å². The first-order valence-corrected chi connectivity index (χ1v) is 4.81. The molecule has 0 aliphatic carbocycles. The van der Waals surface area contributed by atoms with Crippen molar-refractivity contribution < 1.29 is 19.4 Å². The monoisotopic (exact) mass is 223 g/mol. The van der Waals surface area contributed by atoms with Crippen LogP contribution in [-0.4, -0.2) is 30.7 Å². The quantitative estimate of drug-likeness (QED) is 0.758. The Kier molecular flexibility index (Phi) is 3.88. The van der Waals surface area contributed by atoms with Gasteiger partial charge in [0.1, 0.15) is 0 Å². The van der Waals surface area contributed by atoms with Crippen molar-refractivity contribution in [1.82, 2.24) is 0 Å². The summed E-state index contributed by atoms with van der Waals surface area (Å²) in [7, 11) is 1.65. The average Bonchev–Trinajstić information content (AvgIpc) is 2.28. The number of hydrogen-bond acceptors (Lipinski definition) is 4. The van der Waals surface area contributed by atoms with Gasteiger partial charge in [-0.1, -0.05) is 0 Å². The van der Waals surface area contributed by atoms with Crippen molar-refractivity contribution in [1.29, 1.82) is 0 Å². The SMILES string of the molecule is CCOC(=O)c1cc(NC)cc(C(=O)O)c1. The molecule has 0 unspecified atom stereocenters. The van der Waals surface area contributed by atoms with Crippen molar-refractivity contribution in [2.75, 3.05) is 19.0 Å². The average molecular weight is 223 g/mol. The number of benzene rings is 1. The summed E-state index contributed by atoms with van der Waals surface area (Å²) in [5.74, 6) is -1.61. The van der Waals surface area contributed by atoms with E-state index in [1.54, 1.807) is 20.0 Å². The number of carbonyl (C=O) groups is 2. The third-order valence-corrected chi connectivity index (χ3v) is 1.98. The number of rotatable bonds is 4. The topological polar surface area (TPSA) is 75.6 Å². The van der Waals surface area contributed by atoms with E-state index in [0.717, 1.165) is 0 Å². The van der Waals surface area contributed by atoms with Gasteiger partial charge >= 0.3 is 11.9 Å². The van der Waals surface area contributed by atoms with Crippen LogP contribution in [0.4, 0.5) is 5.69 Å². The van der Waals surface area contributed by atoms with E-state index in [4.69, 9.17) is 9.84 Å². The number of nitrogens with one attached hydrogen (secondary N) is 1. The van der Waals surface area contributed by atoms with Gasteiger partial charge in [-0.25, -0.2) is 9.59 Å². The van der Waals surface area contributed by atoms with E-state index < -0.39 is 11.9 Å². The summed E-state index contributed by atoms with van der Waals surface area (Å²) < 4.78 is 4.80. The predicted octanol–water partition coefficient (Wildman–Crippen LogP) is 1.60. The van der Waals surface area contributed by atoms with Crippen molar-refractivity contribution in [3.63, 3.8) is 0 Å². The maximum absolute atomic E-state index is 11.4. The van der Waals surface area contributed by atoms with Gasteiger partial charge in [-0.2, -0.15) is 0 Å². The number of carboxylic acids is 1. The molecule has 0 saturated carbocycles. The maximum atomic E-state index is 11.4. The summed E-state index contributed by atoms with van der Waals surface area (Å²) >= 11 is 0. The number of hydrogen-bond donors (Lipinski definition) is 2. The van der Waals surface area contributed by atoms with E-state index in [1.165, 1.54) is 12.1 Å². The lowest BCUT2D eigenvalue weighted by molar-refractivity contribution is 0.0526. The molecule has 0 saturated heterocycles. The summed E-state index contributed by atoms with van der Waals surface area (Å²) in [6, 6.07) is 4.29. The molecule has 86 valence electrons. The zero-order valence-corrected chi connectivity index (χ0v) is 9.11. The van der Waals surface area contributed by atoms with Crippen molar-refractivity contribution in [3.05, 3.63) is 29.3 Å². The van der Waals surface area contributed by atoms with Crippen LogP contribution in [0, 0.1) is 0 Å². The fraction of sp³-hybridized carbons (Fsp3) is 0.273. The van der Waals surface area contributed by atoms with Gasteiger partial charge in [-0.05, 0) is 25.1 Å². The molecule has 1 aromatic rings. The summed E-state index contributed by atoms with van der Waals surface area (Å²) in [5, 5.41) is 11.6. The largest absolute Gasteiger partial charge is 0.478 e. The Morgan fingerprint density at radius 3 is 2.44 bits per heavy atom. The Labute approximate surface area is 93.0 Å². The van der Waals surface area contributed by atoms with Crippen LogP contribution in [0.25, 0.3) is 0 Å². The standard InChI is InChI=1S/C11H13NO4/c1-3-16-11(15)8-4-7(10(13)14)5-9(6-8)12-2/h4-6,12H,3H2,1-2H3,(H,13,14). The Balaban J connectivity index is 3.13. The molecular weight excluding hydrogens is 210 g/mol. The molecule has 2 N–H and O–H groups in total. The smallest absolute Gasteiger partial charge is 0.338 e. The number of ether oxygens (including phenoxy) is 1. The van der Waals surface area contributed by atoms with E-state index in [1.807, 2.05) is 0 Å². The second kappa shape index (κ2) is 5.16. The molecule has 0 atom stereocenters. The molecule has 0 bridgehead atoms. The molecule has 5 nitrogen and oxygen atoms in total. The zero-order valence-electron chi connectivity index (χ0n) is 9.11. The Morgan fingerprint density at radius 1 is 1.31 bits per heavy atom. The second-order valence-electron chi connectivity index (χ2n) is 3.07. The molecular formula is C11H13NO4. The third kappa shape index (κ3) is 2.73. The number of aromatic carboxylic acids is 1. The van der Waals surface area contributed by atoms with Gasteiger partial charge in [0.15, 0.2) is 0 Å². The fourth-order valence-electron chi connectivity index (χ4n) is 1.23. The van der Waals surface area contributed by atoms with Gasteiger partial charge in [-0.3, -0.25) is 0 Å². The minimum atomic E-state index is -1.08. The van der Waals surface area contributed by atoms with Gasteiger partial charge in [0.2, 0.25) is 0 Å². The molecule has 0 aliphatic rings. The maximum Gasteiger partial charge on any atom is 0.338 e. The molecule has 0 spiro atoms. The van der Waals surface area contributed by atoms with E-state index in [9.17, 15) is 9.59 Å². The van der Waals surface area contributed by atoms with Crippen molar-refractivity contribution in [2.45, 2.75) is 6.92 Å². The lowest BCUT2D eigenvalue weighted by atomic mass is 10.1. The summed E-state index contributed by atoms with van der Waals surface area (Å²) in [6.45, 7) is 1.95.